The molecule has 0 saturated heterocycles. The van der Waals surface area contributed by atoms with Crippen LogP contribution >= 0.6 is 11.3 Å². The fourth-order valence-corrected chi connectivity index (χ4v) is 4.64. The fraction of sp³-hybridized carbons (Fsp3) is 0.286. The van der Waals surface area contributed by atoms with Crippen LogP contribution in [-0.4, -0.2) is 54.2 Å². The zero-order valence-corrected chi connectivity index (χ0v) is 22.6. The van der Waals surface area contributed by atoms with Gasteiger partial charge in [-0.25, -0.2) is 9.18 Å². The molecule has 39 heavy (non-hydrogen) atoms. The standard InChI is InChI=1S/C28H29FN4O5S/c1-28(2,3)38-27(35)31-12-13-36-14-15-37-24-19(5-4-6-21(24)29)23-25-20(11-16-39-25)22(32-33-23)17-7-9-18(10-8-17)26(30)34/h4-11,16H,12-15H2,1-3H3,(H2,30,34)(H,31,35). The fourth-order valence-electron chi connectivity index (χ4n) is 3.75. The van der Waals surface area contributed by atoms with Gasteiger partial charge in [0.2, 0.25) is 5.91 Å². The lowest BCUT2D eigenvalue weighted by Gasteiger charge is -2.19. The molecule has 2 amide bonds. The van der Waals surface area contributed by atoms with E-state index in [9.17, 15) is 14.0 Å². The van der Waals surface area contributed by atoms with Crippen molar-refractivity contribution in [3.63, 3.8) is 0 Å². The third-order valence-corrected chi connectivity index (χ3v) is 6.36. The maximum atomic E-state index is 14.9. The number of fused-ring (bicyclic) bond motifs is 1. The van der Waals surface area contributed by atoms with Gasteiger partial charge in [-0.1, -0.05) is 18.2 Å². The Balaban J connectivity index is 1.44. The van der Waals surface area contributed by atoms with Gasteiger partial charge in [-0.15, -0.1) is 21.5 Å². The quantitative estimate of drug-likeness (QED) is 0.260. The first-order chi connectivity index (χ1) is 18.6. The van der Waals surface area contributed by atoms with Crippen LogP contribution < -0.4 is 15.8 Å². The van der Waals surface area contributed by atoms with Crippen molar-refractivity contribution < 1.29 is 28.2 Å². The number of rotatable bonds is 10. The van der Waals surface area contributed by atoms with Crippen LogP contribution in [0.2, 0.25) is 0 Å². The number of primary amides is 1. The zero-order chi connectivity index (χ0) is 28.0. The summed E-state index contributed by atoms with van der Waals surface area (Å²) in [5.74, 6) is -0.989. The van der Waals surface area contributed by atoms with E-state index in [1.165, 1.54) is 17.4 Å². The van der Waals surface area contributed by atoms with Crippen LogP contribution in [0.1, 0.15) is 31.1 Å². The maximum absolute atomic E-state index is 14.9. The van der Waals surface area contributed by atoms with Crippen molar-refractivity contribution >= 4 is 33.4 Å². The number of halogens is 1. The van der Waals surface area contributed by atoms with Gasteiger partial charge in [0.15, 0.2) is 11.6 Å². The number of nitrogens with one attached hydrogen (secondary N) is 1. The summed E-state index contributed by atoms with van der Waals surface area (Å²) in [5, 5.41) is 14.2. The van der Waals surface area contributed by atoms with Crippen LogP contribution in [0.3, 0.4) is 0 Å². The molecule has 3 N–H and O–H groups in total. The van der Waals surface area contributed by atoms with E-state index in [0.29, 0.717) is 22.5 Å². The van der Waals surface area contributed by atoms with Crippen molar-refractivity contribution in [2.75, 3.05) is 26.4 Å². The number of hydrogen-bond acceptors (Lipinski definition) is 8. The molecule has 0 spiro atoms. The molecule has 0 aliphatic rings. The van der Waals surface area contributed by atoms with E-state index in [1.54, 1.807) is 57.2 Å². The molecule has 0 atom stereocenters. The maximum Gasteiger partial charge on any atom is 0.407 e. The van der Waals surface area contributed by atoms with E-state index in [-0.39, 0.29) is 32.1 Å². The van der Waals surface area contributed by atoms with Gasteiger partial charge in [0, 0.05) is 28.6 Å². The number of nitrogens with two attached hydrogens (primary N) is 1. The lowest BCUT2D eigenvalue weighted by atomic mass is 10.0. The largest absolute Gasteiger partial charge is 0.487 e. The summed E-state index contributed by atoms with van der Waals surface area (Å²) in [6.45, 7) is 6.14. The number of amides is 2. The summed E-state index contributed by atoms with van der Waals surface area (Å²) >= 11 is 1.46. The highest BCUT2D eigenvalue weighted by molar-refractivity contribution is 7.17. The molecule has 0 aliphatic carbocycles. The molecule has 9 nitrogen and oxygen atoms in total. The molecule has 0 unspecified atom stereocenters. The van der Waals surface area contributed by atoms with Crippen LogP contribution in [0, 0.1) is 5.82 Å². The van der Waals surface area contributed by atoms with Crippen molar-refractivity contribution in [3.05, 3.63) is 65.3 Å². The second-order valence-corrected chi connectivity index (χ2v) is 10.4. The number of ether oxygens (including phenoxy) is 3. The van der Waals surface area contributed by atoms with E-state index >= 15 is 0 Å². The summed E-state index contributed by atoms with van der Waals surface area (Å²) in [4.78, 5) is 23.1. The van der Waals surface area contributed by atoms with E-state index in [4.69, 9.17) is 19.9 Å². The second-order valence-electron chi connectivity index (χ2n) is 9.51. The third kappa shape index (κ3) is 7.06. The molecule has 2 heterocycles. The molecule has 204 valence electrons. The van der Waals surface area contributed by atoms with E-state index in [2.05, 4.69) is 15.5 Å². The Hall–Kier alpha value is -4.09. The first-order valence-electron chi connectivity index (χ1n) is 12.2. The number of alkyl carbamates (subject to hydrolysis) is 1. The minimum Gasteiger partial charge on any atom is -0.487 e. The molecule has 0 aliphatic heterocycles. The van der Waals surface area contributed by atoms with Gasteiger partial charge in [0.1, 0.15) is 23.6 Å². The van der Waals surface area contributed by atoms with Crippen molar-refractivity contribution in [2.24, 2.45) is 5.73 Å². The molecule has 0 fully saturated rings. The molecule has 4 aromatic rings. The number of aromatic nitrogens is 2. The van der Waals surface area contributed by atoms with Crippen LogP contribution in [-0.2, 0) is 9.47 Å². The van der Waals surface area contributed by atoms with Crippen molar-refractivity contribution in [1.82, 2.24) is 15.5 Å². The minimum atomic E-state index is -0.576. The molecule has 2 aromatic heterocycles. The summed E-state index contributed by atoms with van der Waals surface area (Å²) in [6, 6.07) is 13.4. The topological polar surface area (TPSA) is 126 Å². The van der Waals surface area contributed by atoms with Gasteiger partial charge in [-0.2, -0.15) is 0 Å². The van der Waals surface area contributed by atoms with Crippen LogP contribution in [0.5, 0.6) is 5.75 Å². The van der Waals surface area contributed by atoms with Crippen molar-refractivity contribution in [2.45, 2.75) is 26.4 Å². The molecule has 0 saturated carbocycles. The first-order valence-corrected chi connectivity index (χ1v) is 13.1. The van der Waals surface area contributed by atoms with Crippen LogP contribution in [0.4, 0.5) is 9.18 Å². The number of nitrogens with zero attached hydrogens (tertiary/aromatic N) is 2. The van der Waals surface area contributed by atoms with E-state index < -0.39 is 23.4 Å². The summed E-state index contributed by atoms with van der Waals surface area (Å²) < 4.78 is 32.1. The number of hydrogen-bond donors (Lipinski definition) is 2. The summed E-state index contributed by atoms with van der Waals surface area (Å²) in [6.07, 6.45) is -0.520. The molecule has 0 radical (unpaired) electrons. The number of carbonyl (C=O) groups excluding carboxylic acids is 2. The minimum absolute atomic E-state index is 0.0514. The van der Waals surface area contributed by atoms with E-state index in [0.717, 1.165) is 15.6 Å². The van der Waals surface area contributed by atoms with Gasteiger partial charge >= 0.3 is 6.09 Å². The predicted molar refractivity (Wildman–Crippen MR) is 147 cm³/mol. The Morgan fingerprint density at radius 3 is 2.46 bits per heavy atom. The molecule has 4 rings (SSSR count). The normalized spacial score (nSPS) is 11.4. The van der Waals surface area contributed by atoms with Gasteiger partial charge < -0.3 is 25.3 Å². The highest BCUT2D eigenvalue weighted by Gasteiger charge is 2.20. The van der Waals surface area contributed by atoms with Crippen LogP contribution in [0.25, 0.3) is 32.6 Å². The lowest BCUT2D eigenvalue weighted by Crippen LogP contribution is -2.34. The third-order valence-electron chi connectivity index (χ3n) is 5.44. The highest BCUT2D eigenvalue weighted by atomic mass is 32.1. The number of benzene rings is 2. The Morgan fingerprint density at radius 1 is 1.00 bits per heavy atom. The van der Waals surface area contributed by atoms with Gasteiger partial charge in [-0.05, 0) is 56.5 Å². The highest BCUT2D eigenvalue weighted by Crippen LogP contribution is 2.39. The molecule has 11 heteroatoms. The van der Waals surface area contributed by atoms with Gasteiger partial charge in [-0.3, -0.25) is 4.79 Å². The molecular formula is C28H29FN4O5S. The van der Waals surface area contributed by atoms with Crippen LogP contribution in [0.15, 0.2) is 53.9 Å². The van der Waals surface area contributed by atoms with Crippen molar-refractivity contribution in [3.8, 4) is 28.3 Å². The smallest absolute Gasteiger partial charge is 0.407 e. The van der Waals surface area contributed by atoms with E-state index in [1.807, 2.05) is 11.4 Å². The average Bonchev–Trinajstić information content (AvgIpc) is 3.37. The van der Waals surface area contributed by atoms with Gasteiger partial charge in [0.05, 0.1) is 17.9 Å². The Morgan fingerprint density at radius 2 is 1.74 bits per heavy atom. The van der Waals surface area contributed by atoms with Gasteiger partial charge in [0.25, 0.3) is 0 Å². The Kier molecular flexibility index (Phi) is 8.72. The number of carbonyl (C=O) groups is 2. The second kappa shape index (κ2) is 12.2. The first kappa shape index (κ1) is 27.9. The molecule has 0 bridgehead atoms. The zero-order valence-electron chi connectivity index (χ0n) is 21.8. The summed E-state index contributed by atoms with van der Waals surface area (Å²) in [7, 11) is 0. The monoisotopic (exact) mass is 552 g/mol. The predicted octanol–water partition coefficient (Wildman–Crippen LogP) is 5.18. The Labute approximate surface area is 229 Å². The summed E-state index contributed by atoms with van der Waals surface area (Å²) in [5.41, 5.74) is 7.54. The number of para-hydroxylation sites is 1. The Bertz CT molecular complexity index is 1470. The lowest BCUT2D eigenvalue weighted by molar-refractivity contribution is 0.0488. The van der Waals surface area contributed by atoms with Crippen molar-refractivity contribution in [1.29, 1.82) is 0 Å². The molecular weight excluding hydrogens is 523 g/mol. The average molecular weight is 553 g/mol. The SMILES string of the molecule is CC(C)(C)OC(=O)NCCOCCOc1c(F)cccc1-c1nnc(-c2ccc(C(N)=O)cc2)c2ccsc12. The molecule has 2 aromatic carbocycles. The number of thiophene rings is 1.